The van der Waals surface area contributed by atoms with Crippen LogP contribution in [0.4, 0.5) is 19.1 Å². The number of nitrogen functional groups attached to an aromatic ring is 1. The van der Waals surface area contributed by atoms with E-state index in [1.807, 2.05) is 0 Å². The Morgan fingerprint density at radius 3 is 2.52 bits per heavy atom. The number of aromatic nitrogens is 3. The molecule has 0 fully saturated rings. The summed E-state index contributed by atoms with van der Waals surface area (Å²) in [4.78, 5) is 15.5. The molecule has 1 aliphatic rings. The molecule has 1 aromatic heterocycles. The number of benzene rings is 1. The van der Waals surface area contributed by atoms with Crippen molar-refractivity contribution in [1.82, 2.24) is 14.8 Å². The Hall–Kier alpha value is -2.58. The number of halogens is 3. The lowest BCUT2D eigenvalue weighted by Gasteiger charge is -2.29. The van der Waals surface area contributed by atoms with Crippen molar-refractivity contribution in [3.05, 3.63) is 41.2 Å². The van der Waals surface area contributed by atoms with Gasteiger partial charge in [0.2, 0.25) is 5.95 Å². The third-order valence-electron chi connectivity index (χ3n) is 4.01. The average molecular weight is 326 g/mol. The van der Waals surface area contributed by atoms with Gasteiger partial charge in [-0.05, 0) is 17.7 Å². The number of hydrogen-bond donors (Lipinski definition) is 2. The Morgan fingerprint density at radius 2 is 1.96 bits per heavy atom. The Kier molecular flexibility index (Phi) is 3.50. The van der Waals surface area contributed by atoms with Gasteiger partial charge in [0.1, 0.15) is 5.82 Å². The summed E-state index contributed by atoms with van der Waals surface area (Å²) in [5, 5.41) is 13.4. The van der Waals surface area contributed by atoms with Gasteiger partial charge in [0, 0.05) is 12.3 Å². The van der Waals surface area contributed by atoms with Gasteiger partial charge in [0.25, 0.3) is 0 Å². The predicted octanol–water partition coefficient (Wildman–Crippen LogP) is 1.92. The summed E-state index contributed by atoms with van der Waals surface area (Å²) in [6.07, 6.45) is -4.30. The van der Waals surface area contributed by atoms with Crippen LogP contribution < -0.4 is 5.73 Å². The summed E-state index contributed by atoms with van der Waals surface area (Å²) in [6, 6.07) is 4.54. The highest BCUT2D eigenvalue weighted by molar-refractivity contribution is 5.72. The maximum absolute atomic E-state index is 12.6. The van der Waals surface area contributed by atoms with Crippen molar-refractivity contribution < 1.29 is 23.1 Å². The van der Waals surface area contributed by atoms with Gasteiger partial charge in [-0.25, -0.2) is 4.68 Å². The van der Waals surface area contributed by atoms with Gasteiger partial charge in [0.15, 0.2) is 0 Å². The summed E-state index contributed by atoms with van der Waals surface area (Å²) in [5.74, 6) is -1.79. The van der Waals surface area contributed by atoms with Crippen molar-refractivity contribution >= 4 is 11.9 Å². The van der Waals surface area contributed by atoms with Crippen LogP contribution in [0, 0.1) is 5.92 Å². The molecule has 0 spiro atoms. The van der Waals surface area contributed by atoms with Gasteiger partial charge in [-0.1, -0.05) is 12.1 Å². The van der Waals surface area contributed by atoms with E-state index in [1.54, 1.807) is 0 Å². The zero-order chi connectivity index (χ0) is 16.8. The predicted molar refractivity (Wildman–Crippen MR) is 73.4 cm³/mol. The van der Waals surface area contributed by atoms with Crippen molar-refractivity contribution in [3.8, 4) is 0 Å². The third kappa shape index (κ3) is 2.86. The molecule has 0 aliphatic carbocycles. The molecule has 3 N–H and O–H groups in total. The molecule has 2 unspecified atom stereocenters. The fourth-order valence-corrected chi connectivity index (χ4v) is 2.86. The van der Waals surface area contributed by atoms with E-state index in [-0.39, 0.29) is 18.9 Å². The number of carboxylic acid groups (broad SMARTS) is 1. The lowest BCUT2D eigenvalue weighted by atomic mass is 9.81. The normalized spacial score (nSPS) is 21.0. The molecule has 3 rings (SSSR count). The van der Waals surface area contributed by atoms with Crippen LogP contribution in [-0.2, 0) is 23.9 Å². The maximum Gasteiger partial charge on any atom is 0.416 e. The number of carbonyl (C=O) groups is 1. The molecule has 0 radical (unpaired) electrons. The highest BCUT2D eigenvalue weighted by Crippen LogP contribution is 2.36. The number of nitrogens with two attached hydrogens (primary N) is 1. The number of carboxylic acids is 1. The number of alkyl halides is 3. The molecule has 6 nitrogen and oxygen atoms in total. The minimum atomic E-state index is -4.43. The van der Waals surface area contributed by atoms with Crippen LogP contribution in [0.15, 0.2) is 24.3 Å². The monoisotopic (exact) mass is 326 g/mol. The number of hydrogen-bond acceptors (Lipinski definition) is 4. The number of nitrogens with zero attached hydrogens (tertiary/aromatic N) is 3. The van der Waals surface area contributed by atoms with Crippen molar-refractivity contribution in [2.24, 2.45) is 5.92 Å². The molecule has 0 bridgehead atoms. The zero-order valence-electron chi connectivity index (χ0n) is 11.8. The Bertz CT molecular complexity index is 739. The molecule has 122 valence electrons. The largest absolute Gasteiger partial charge is 0.481 e. The van der Waals surface area contributed by atoms with E-state index in [0.29, 0.717) is 11.4 Å². The second-order valence-corrected chi connectivity index (χ2v) is 5.44. The molecular formula is C14H13F3N4O2. The number of rotatable bonds is 2. The SMILES string of the molecule is Nc1nc2n(n1)CC(c1ccc(C(F)(F)F)cc1)C(C(=O)O)C2. The molecule has 2 aromatic rings. The first-order chi connectivity index (χ1) is 10.8. The molecule has 2 heterocycles. The van der Waals surface area contributed by atoms with Crippen LogP contribution in [0.5, 0.6) is 0 Å². The molecule has 1 aliphatic heterocycles. The topological polar surface area (TPSA) is 94.0 Å². The lowest BCUT2D eigenvalue weighted by molar-refractivity contribution is -0.143. The summed E-state index contributed by atoms with van der Waals surface area (Å²) >= 11 is 0. The number of anilines is 1. The van der Waals surface area contributed by atoms with E-state index in [1.165, 1.54) is 16.8 Å². The van der Waals surface area contributed by atoms with Gasteiger partial charge in [-0.2, -0.15) is 18.2 Å². The van der Waals surface area contributed by atoms with Crippen LogP contribution in [0.1, 0.15) is 22.9 Å². The lowest BCUT2D eigenvalue weighted by Crippen LogP contribution is -2.33. The quantitative estimate of drug-likeness (QED) is 0.879. The van der Waals surface area contributed by atoms with Crippen molar-refractivity contribution in [2.45, 2.75) is 25.1 Å². The van der Waals surface area contributed by atoms with E-state index < -0.39 is 29.5 Å². The third-order valence-corrected chi connectivity index (χ3v) is 4.01. The first kappa shape index (κ1) is 15.3. The number of aliphatic carboxylic acids is 1. The van der Waals surface area contributed by atoms with Crippen molar-refractivity contribution in [3.63, 3.8) is 0 Å². The highest BCUT2D eigenvalue weighted by Gasteiger charge is 2.37. The summed E-state index contributed by atoms with van der Waals surface area (Å²) in [5.41, 5.74) is 5.27. The summed E-state index contributed by atoms with van der Waals surface area (Å²) in [7, 11) is 0. The average Bonchev–Trinajstić information content (AvgIpc) is 2.84. The van der Waals surface area contributed by atoms with Crippen LogP contribution >= 0.6 is 0 Å². The molecular weight excluding hydrogens is 313 g/mol. The van der Waals surface area contributed by atoms with E-state index in [2.05, 4.69) is 10.1 Å². The van der Waals surface area contributed by atoms with Crippen LogP contribution in [-0.4, -0.2) is 25.8 Å². The fraction of sp³-hybridized carbons (Fsp3) is 0.357. The first-order valence-corrected chi connectivity index (χ1v) is 6.85. The van der Waals surface area contributed by atoms with Crippen molar-refractivity contribution in [1.29, 1.82) is 0 Å². The molecule has 23 heavy (non-hydrogen) atoms. The first-order valence-electron chi connectivity index (χ1n) is 6.85. The smallest absolute Gasteiger partial charge is 0.416 e. The molecule has 9 heteroatoms. The second-order valence-electron chi connectivity index (χ2n) is 5.44. The van der Waals surface area contributed by atoms with E-state index in [9.17, 15) is 23.1 Å². The minimum absolute atomic E-state index is 0.0530. The summed E-state index contributed by atoms with van der Waals surface area (Å²) < 4.78 is 39.4. The van der Waals surface area contributed by atoms with Gasteiger partial charge >= 0.3 is 12.1 Å². The standard InChI is InChI=1S/C14H13F3N4O2/c15-14(16,17)8-3-1-7(2-4-8)10-6-21-11(19-13(18)20-21)5-9(10)12(22)23/h1-4,9-10H,5-6H2,(H2,18,20)(H,22,23). The van der Waals surface area contributed by atoms with Gasteiger partial charge < -0.3 is 10.8 Å². The molecule has 2 atom stereocenters. The van der Waals surface area contributed by atoms with Crippen LogP contribution in [0.25, 0.3) is 0 Å². The maximum atomic E-state index is 12.6. The Balaban J connectivity index is 1.95. The van der Waals surface area contributed by atoms with Gasteiger partial charge in [-0.15, -0.1) is 5.10 Å². The fourth-order valence-electron chi connectivity index (χ4n) is 2.86. The van der Waals surface area contributed by atoms with Crippen molar-refractivity contribution in [2.75, 3.05) is 5.73 Å². The minimum Gasteiger partial charge on any atom is -0.481 e. The summed E-state index contributed by atoms with van der Waals surface area (Å²) in [6.45, 7) is 0.210. The van der Waals surface area contributed by atoms with E-state index >= 15 is 0 Å². The Morgan fingerprint density at radius 1 is 1.30 bits per heavy atom. The van der Waals surface area contributed by atoms with Crippen LogP contribution in [0.3, 0.4) is 0 Å². The van der Waals surface area contributed by atoms with Gasteiger partial charge in [-0.3, -0.25) is 4.79 Å². The zero-order valence-corrected chi connectivity index (χ0v) is 11.8. The highest BCUT2D eigenvalue weighted by atomic mass is 19.4. The second kappa shape index (κ2) is 5.25. The molecule has 1 aromatic carbocycles. The number of fused-ring (bicyclic) bond motifs is 1. The van der Waals surface area contributed by atoms with E-state index in [0.717, 1.165) is 12.1 Å². The molecule has 0 saturated carbocycles. The van der Waals surface area contributed by atoms with Gasteiger partial charge in [0.05, 0.1) is 18.0 Å². The van der Waals surface area contributed by atoms with E-state index in [4.69, 9.17) is 5.73 Å². The molecule has 0 amide bonds. The van der Waals surface area contributed by atoms with Crippen LogP contribution in [0.2, 0.25) is 0 Å². The Labute approximate surface area is 128 Å². The molecule has 0 saturated heterocycles.